The minimum absolute atomic E-state index is 0.956. The van der Waals surface area contributed by atoms with Gasteiger partial charge in [0.05, 0.1) is 0 Å². The van der Waals surface area contributed by atoms with Crippen LogP contribution in [0.5, 0.6) is 0 Å². The standard InChI is InChI=1S/C11H12N2/c1-2-10-8-12-11(13-10)9-6-4-3-5-7-9/h3-8H,2H2,1H3,(H,12,13). The molecule has 0 saturated heterocycles. The van der Waals surface area contributed by atoms with Gasteiger partial charge in [-0.15, -0.1) is 0 Å². The topological polar surface area (TPSA) is 28.7 Å². The molecule has 0 aliphatic heterocycles. The number of aromatic amines is 1. The molecule has 0 bridgehead atoms. The van der Waals surface area contributed by atoms with E-state index >= 15 is 0 Å². The molecule has 2 nitrogen and oxygen atoms in total. The lowest BCUT2D eigenvalue weighted by Crippen LogP contribution is -1.80. The lowest BCUT2D eigenvalue weighted by Gasteiger charge is -1.94. The van der Waals surface area contributed by atoms with E-state index in [0.717, 1.165) is 17.8 Å². The molecule has 2 heteroatoms. The van der Waals surface area contributed by atoms with Gasteiger partial charge in [-0.3, -0.25) is 0 Å². The molecule has 1 heterocycles. The van der Waals surface area contributed by atoms with Crippen LogP contribution in [-0.4, -0.2) is 9.97 Å². The van der Waals surface area contributed by atoms with Gasteiger partial charge in [0.2, 0.25) is 0 Å². The quantitative estimate of drug-likeness (QED) is 0.741. The van der Waals surface area contributed by atoms with Crippen molar-refractivity contribution in [1.29, 1.82) is 0 Å². The number of imidazole rings is 1. The highest BCUT2D eigenvalue weighted by molar-refractivity contribution is 5.54. The third-order valence-corrected chi connectivity index (χ3v) is 2.06. The highest BCUT2D eigenvalue weighted by Crippen LogP contribution is 2.14. The van der Waals surface area contributed by atoms with Crippen LogP contribution >= 0.6 is 0 Å². The van der Waals surface area contributed by atoms with Crippen LogP contribution in [0.15, 0.2) is 36.5 Å². The Kier molecular flexibility index (Phi) is 2.13. The zero-order chi connectivity index (χ0) is 9.10. The molecule has 0 atom stereocenters. The Hall–Kier alpha value is -1.57. The average Bonchev–Trinajstić information content (AvgIpc) is 2.67. The van der Waals surface area contributed by atoms with E-state index < -0.39 is 0 Å². The molecule has 2 rings (SSSR count). The smallest absolute Gasteiger partial charge is 0.137 e. The Morgan fingerprint density at radius 1 is 1.23 bits per heavy atom. The van der Waals surface area contributed by atoms with Crippen LogP contribution in [0.4, 0.5) is 0 Å². The van der Waals surface area contributed by atoms with Crippen molar-refractivity contribution in [2.24, 2.45) is 0 Å². The van der Waals surface area contributed by atoms with Gasteiger partial charge in [0.15, 0.2) is 0 Å². The van der Waals surface area contributed by atoms with Gasteiger partial charge in [-0.2, -0.15) is 0 Å². The van der Waals surface area contributed by atoms with Crippen LogP contribution in [0.2, 0.25) is 0 Å². The summed E-state index contributed by atoms with van der Waals surface area (Å²) in [5.41, 5.74) is 2.32. The minimum Gasteiger partial charge on any atom is -0.342 e. The second-order valence-electron chi connectivity index (χ2n) is 2.98. The first kappa shape index (κ1) is 8.05. The van der Waals surface area contributed by atoms with Crippen molar-refractivity contribution in [2.75, 3.05) is 0 Å². The number of H-pyrrole nitrogens is 1. The van der Waals surface area contributed by atoms with Crippen LogP contribution in [0, 0.1) is 0 Å². The maximum Gasteiger partial charge on any atom is 0.137 e. The normalized spacial score (nSPS) is 10.2. The van der Waals surface area contributed by atoms with Gasteiger partial charge in [0.25, 0.3) is 0 Å². The molecule has 66 valence electrons. The monoisotopic (exact) mass is 172 g/mol. The molecule has 13 heavy (non-hydrogen) atoms. The summed E-state index contributed by atoms with van der Waals surface area (Å²) in [6.45, 7) is 2.11. The van der Waals surface area contributed by atoms with Crippen LogP contribution in [0.25, 0.3) is 11.4 Å². The van der Waals surface area contributed by atoms with E-state index in [1.54, 1.807) is 0 Å². The van der Waals surface area contributed by atoms with Crippen molar-refractivity contribution in [2.45, 2.75) is 13.3 Å². The molecule has 0 aliphatic carbocycles. The summed E-state index contributed by atoms with van der Waals surface area (Å²) < 4.78 is 0. The Morgan fingerprint density at radius 3 is 2.62 bits per heavy atom. The molecule has 0 aliphatic rings. The van der Waals surface area contributed by atoms with E-state index in [4.69, 9.17) is 0 Å². The van der Waals surface area contributed by atoms with Crippen LogP contribution < -0.4 is 0 Å². The zero-order valence-electron chi connectivity index (χ0n) is 7.62. The Morgan fingerprint density at radius 2 is 2.00 bits per heavy atom. The predicted molar refractivity (Wildman–Crippen MR) is 53.4 cm³/mol. The maximum atomic E-state index is 4.30. The van der Waals surface area contributed by atoms with E-state index in [9.17, 15) is 0 Å². The van der Waals surface area contributed by atoms with Crippen LogP contribution in [0.3, 0.4) is 0 Å². The molecular formula is C11H12N2. The molecule has 0 radical (unpaired) electrons. The Balaban J connectivity index is 2.36. The maximum absolute atomic E-state index is 4.30. The minimum atomic E-state index is 0.956. The second-order valence-corrected chi connectivity index (χ2v) is 2.98. The Labute approximate surface area is 77.6 Å². The van der Waals surface area contributed by atoms with Gasteiger partial charge < -0.3 is 4.98 Å². The molecular weight excluding hydrogens is 160 g/mol. The summed E-state index contributed by atoms with van der Waals surface area (Å²) in [6, 6.07) is 10.1. The van der Waals surface area contributed by atoms with E-state index in [0.29, 0.717) is 0 Å². The number of benzene rings is 1. The summed E-state index contributed by atoms with van der Waals surface area (Å²) in [7, 11) is 0. The van der Waals surface area contributed by atoms with Crippen molar-refractivity contribution in [3.05, 3.63) is 42.2 Å². The highest BCUT2D eigenvalue weighted by Gasteiger charge is 2.00. The van der Waals surface area contributed by atoms with Crippen molar-refractivity contribution < 1.29 is 0 Å². The predicted octanol–water partition coefficient (Wildman–Crippen LogP) is 2.64. The lowest BCUT2D eigenvalue weighted by atomic mass is 10.2. The van der Waals surface area contributed by atoms with E-state index in [2.05, 4.69) is 29.0 Å². The molecule has 1 aromatic carbocycles. The fourth-order valence-corrected chi connectivity index (χ4v) is 1.28. The number of hydrogen-bond donors (Lipinski definition) is 1. The van der Waals surface area contributed by atoms with Gasteiger partial charge in [0, 0.05) is 17.5 Å². The number of nitrogens with one attached hydrogen (secondary N) is 1. The molecule has 0 fully saturated rings. The van der Waals surface area contributed by atoms with Crippen molar-refractivity contribution >= 4 is 0 Å². The lowest BCUT2D eigenvalue weighted by molar-refractivity contribution is 1.07. The van der Waals surface area contributed by atoms with Crippen molar-refractivity contribution in [1.82, 2.24) is 9.97 Å². The van der Waals surface area contributed by atoms with Gasteiger partial charge >= 0.3 is 0 Å². The van der Waals surface area contributed by atoms with Gasteiger partial charge in [-0.1, -0.05) is 37.3 Å². The molecule has 0 amide bonds. The first-order valence-electron chi connectivity index (χ1n) is 4.49. The number of aryl methyl sites for hydroxylation is 1. The van der Waals surface area contributed by atoms with Gasteiger partial charge in [-0.25, -0.2) is 4.98 Å². The zero-order valence-corrected chi connectivity index (χ0v) is 7.62. The number of aromatic nitrogens is 2. The third-order valence-electron chi connectivity index (χ3n) is 2.06. The SMILES string of the molecule is CCc1cnc(-c2ccccc2)[nH]1. The largest absolute Gasteiger partial charge is 0.342 e. The van der Waals surface area contributed by atoms with Gasteiger partial charge in [0.1, 0.15) is 5.82 Å². The molecule has 1 N–H and O–H groups in total. The number of rotatable bonds is 2. The summed E-state index contributed by atoms with van der Waals surface area (Å²) in [6.07, 6.45) is 2.89. The number of hydrogen-bond acceptors (Lipinski definition) is 1. The molecule has 1 aromatic heterocycles. The highest BCUT2D eigenvalue weighted by atomic mass is 14.9. The summed E-state index contributed by atoms with van der Waals surface area (Å²) in [5, 5.41) is 0. The van der Waals surface area contributed by atoms with Gasteiger partial charge in [-0.05, 0) is 6.42 Å². The van der Waals surface area contributed by atoms with E-state index in [-0.39, 0.29) is 0 Å². The summed E-state index contributed by atoms with van der Waals surface area (Å²) >= 11 is 0. The summed E-state index contributed by atoms with van der Waals surface area (Å²) in [4.78, 5) is 7.57. The molecule has 0 unspecified atom stereocenters. The molecule has 0 saturated carbocycles. The van der Waals surface area contributed by atoms with Crippen molar-refractivity contribution in [3.63, 3.8) is 0 Å². The first-order valence-corrected chi connectivity index (χ1v) is 4.49. The third kappa shape index (κ3) is 1.61. The first-order chi connectivity index (χ1) is 6.40. The van der Waals surface area contributed by atoms with E-state index in [1.807, 2.05) is 24.4 Å². The fraction of sp³-hybridized carbons (Fsp3) is 0.182. The number of nitrogens with zero attached hydrogens (tertiary/aromatic N) is 1. The average molecular weight is 172 g/mol. The molecule has 0 spiro atoms. The van der Waals surface area contributed by atoms with Crippen LogP contribution in [0.1, 0.15) is 12.6 Å². The second kappa shape index (κ2) is 3.44. The van der Waals surface area contributed by atoms with Crippen LogP contribution in [-0.2, 0) is 6.42 Å². The summed E-state index contributed by atoms with van der Waals surface area (Å²) in [5.74, 6) is 0.956. The molecule has 2 aromatic rings. The van der Waals surface area contributed by atoms with Crippen molar-refractivity contribution in [3.8, 4) is 11.4 Å². The fourth-order valence-electron chi connectivity index (χ4n) is 1.28. The van der Waals surface area contributed by atoms with E-state index in [1.165, 1.54) is 5.69 Å². The Bertz CT molecular complexity index is 376.